The molecule has 0 N–H and O–H groups in total. The number of rotatable bonds is 5. The van der Waals surface area contributed by atoms with Gasteiger partial charge in [-0.2, -0.15) is 0 Å². The van der Waals surface area contributed by atoms with Gasteiger partial charge in [0.25, 0.3) is 0 Å². The Morgan fingerprint density at radius 1 is 1.16 bits per heavy atom. The van der Waals surface area contributed by atoms with E-state index in [-0.39, 0.29) is 29.4 Å². The third-order valence-electron chi connectivity index (χ3n) is 4.92. The van der Waals surface area contributed by atoms with Crippen LogP contribution in [0.25, 0.3) is 5.57 Å². The summed E-state index contributed by atoms with van der Waals surface area (Å²) in [5.74, 6) is 0.793. The zero-order valence-corrected chi connectivity index (χ0v) is 16.6. The van der Waals surface area contributed by atoms with Crippen LogP contribution in [-0.4, -0.2) is 43.8 Å². The Morgan fingerprint density at radius 2 is 1.76 bits per heavy atom. The smallest absolute Gasteiger partial charge is 0.246 e. The van der Waals surface area contributed by atoms with E-state index >= 15 is 0 Å². The average Bonchev–Trinajstić information content (AvgIpc) is 2.91. The Kier molecular flexibility index (Phi) is 6.09. The van der Waals surface area contributed by atoms with Gasteiger partial charge in [-0.1, -0.05) is 52.0 Å². The number of amides is 1. The first-order valence-corrected chi connectivity index (χ1v) is 10.7. The molecule has 1 aliphatic rings. The molecule has 1 aliphatic heterocycles. The molecule has 1 atom stereocenters. The Hall–Kier alpha value is -1.62. The van der Waals surface area contributed by atoms with Gasteiger partial charge < -0.3 is 4.90 Å². The van der Waals surface area contributed by atoms with Gasteiger partial charge in [0.05, 0.1) is 11.5 Å². The lowest BCUT2D eigenvalue weighted by Gasteiger charge is -2.23. The van der Waals surface area contributed by atoms with Crippen molar-refractivity contribution in [1.29, 1.82) is 0 Å². The van der Waals surface area contributed by atoms with E-state index in [4.69, 9.17) is 0 Å². The molecule has 0 aliphatic carbocycles. The van der Waals surface area contributed by atoms with Gasteiger partial charge in [0.15, 0.2) is 9.84 Å². The Morgan fingerprint density at radius 3 is 2.20 bits per heavy atom. The molecular formula is C20H29NO3S. The molecule has 5 heteroatoms. The standard InChI is InChI=1S/C20H29NO3S/c1-14(2)16-6-8-17(9-7-16)19(15(3)4)12-20(22)21(5)18-10-11-25(23,24)13-18/h6-9,12,14-15,18H,10-11,13H2,1-5H3/b19-12+. The highest BCUT2D eigenvalue weighted by molar-refractivity contribution is 7.91. The maximum absolute atomic E-state index is 12.7. The van der Waals surface area contributed by atoms with Crippen molar-refractivity contribution >= 4 is 21.3 Å². The fourth-order valence-electron chi connectivity index (χ4n) is 3.14. The number of allylic oxidation sites excluding steroid dienone is 1. The summed E-state index contributed by atoms with van der Waals surface area (Å²) < 4.78 is 23.3. The number of nitrogens with zero attached hydrogens (tertiary/aromatic N) is 1. The molecule has 1 aromatic carbocycles. The molecule has 0 spiro atoms. The molecule has 25 heavy (non-hydrogen) atoms. The van der Waals surface area contributed by atoms with Crippen LogP contribution in [0.15, 0.2) is 30.3 Å². The normalized spacial score (nSPS) is 20.3. The van der Waals surface area contributed by atoms with Crippen molar-refractivity contribution < 1.29 is 13.2 Å². The minimum Gasteiger partial charge on any atom is -0.338 e. The van der Waals surface area contributed by atoms with E-state index in [1.54, 1.807) is 18.0 Å². The molecule has 1 aromatic rings. The molecule has 1 amide bonds. The van der Waals surface area contributed by atoms with Crippen LogP contribution < -0.4 is 0 Å². The summed E-state index contributed by atoms with van der Waals surface area (Å²) in [5.41, 5.74) is 3.29. The van der Waals surface area contributed by atoms with Crippen LogP contribution in [0, 0.1) is 5.92 Å². The quantitative estimate of drug-likeness (QED) is 0.753. The van der Waals surface area contributed by atoms with E-state index < -0.39 is 9.84 Å². The third kappa shape index (κ3) is 4.94. The molecule has 2 rings (SSSR count). The van der Waals surface area contributed by atoms with Crippen molar-refractivity contribution in [2.45, 2.75) is 46.1 Å². The van der Waals surface area contributed by atoms with E-state index in [9.17, 15) is 13.2 Å². The van der Waals surface area contributed by atoms with Crippen LogP contribution in [0.1, 0.15) is 51.2 Å². The Bertz CT molecular complexity index is 746. The molecule has 1 heterocycles. The van der Waals surface area contributed by atoms with Crippen LogP contribution in [0.2, 0.25) is 0 Å². The minimum atomic E-state index is -3.00. The lowest BCUT2D eigenvalue weighted by molar-refractivity contribution is -0.126. The summed E-state index contributed by atoms with van der Waals surface area (Å²) in [6.45, 7) is 8.44. The van der Waals surface area contributed by atoms with Crippen molar-refractivity contribution in [2.75, 3.05) is 18.6 Å². The van der Waals surface area contributed by atoms with Crippen LogP contribution in [0.5, 0.6) is 0 Å². The molecule has 0 saturated carbocycles. The third-order valence-corrected chi connectivity index (χ3v) is 6.67. The van der Waals surface area contributed by atoms with E-state index in [0.29, 0.717) is 12.3 Å². The van der Waals surface area contributed by atoms with Gasteiger partial charge in [-0.05, 0) is 35.0 Å². The van der Waals surface area contributed by atoms with Gasteiger partial charge >= 0.3 is 0 Å². The highest BCUT2D eigenvalue weighted by Crippen LogP contribution is 2.26. The topological polar surface area (TPSA) is 54.5 Å². The molecule has 1 saturated heterocycles. The fourth-order valence-corrected chi connectivity index (χ4v) is 4.91. The van der Waals surface area contributed by atoms with Gasteiger partial charge in [0.2, 0.25) is 5.91 Å². The summed E-state index contributed by atoms with van der Waals surface area (Å²) in [4.78, 5) is 14.2. The number of benzene rings is 1. The molecule has 1 unspecified atom stereocenters. The SMILES string of the molecule is CC(C)/C(=C\C(=O)N(C)C1CCS(=O)(=O)C1)c1ccc(C(C)C)cc1. The lowest BCUT2D eigenvalue weighted by Crippen LogP contribution is -2.37. The zero-order valence-electron chi connectivity index (χ0n) is 15.8. The van der Waals surface area contributed by atoms with E-state index in [2.05, 4.69) is 52.0 Å². The van der Waals surface area contributed by atoms with Crippen LogP contribution in [0.3, 0.4) is 0 Å². The van der Waals surface area contributed by atoms with Gasteiger partial charge in [-0.3, -0.25) is 4.79 Å². The van der Waals surface area contributed by atoms with Gasteiger partial charge in [-0.25, -0.2) is 8.42 Å². The summed E-state index contributed by atoms with van der Waals surface area (Å²) >= 11 is 0. The number of hydrogen-bond acceptors (Lipinski definition) is 3. The molecule has 4 nitrogen and oxygen atoms in total. The first-order chi connectivity index (χ1) is 11.6. The minimum absolute atomic E-state index is 0.0726. The number of carbonyl (C=O) groups excluding carboxylic acids is 1. The van der Waals surface area contributed by atoms with Crippen LogP contribution in [0.4, 0.5) is 0 Å². The van der Waals surface area contributed by atoms with Crippen LogP contribution in [-0.2, 0) is 14.6 Å². The van der Waals surface area contributed by atoms with Gasteiger partial charge in [0.1, 0.15) is 0 Å². The van der Waals surface area contributed by atoms with Crippen molar-refractivity contribution in [2.24, 2.45) is 5.92 Å². The summed E-state index contributed by atoms with van der Waals surface area (Å²) in [5, 5.41) is 0. The van der Waals surface area contributed by atoms with Crippen molar-refractivity contribution in [3.63, 3.8) is 0 Å². The first-order valence-electron chi connectivity index (χ1n) is 8.90. The second-order valence-electron chi connectivity index (χ2n) is 7.54. The van der Waals surface area contributed by atoms with Crippen molar-refractivity contribution in [1.82, 2.24) is 4.90 Å². The van der Waals surface area contributed by atoms with E-state index in [1.165, 1.54) is 5.56 Å². The second-order valence-corrected chi connectivity index (χ2v) is 9.77. The second kappa shape index (κ2) is 7.73. The van der Waals surface area contributed by atoms with Gasteiger partial charge in [0, 0.05) is 19.2 Å². The molecule has 0 radical (unpaired) electrons. The summed E-state index contributed by atoms with van der Waals surface area (Å²) in [6.07, 6.45) is 2.19. The highest BCUT2D eigenvalue weighted by atomic mass is 32.2. The molecule has 0 aromatic heterocycles. The number of carbonyl (C=O) groups is 1. The van der Waals surface area contributed by atoms with Crippen LogP contribution >= 0.6 is 0 Å². The van der Waals surface area contributed by atoms with Crippen molar-refractivity contribution in [3.8, 4) is 0 Å². The van der Waals surface area contributed by atoms with Crippen molar-refractivity contribution in [3.05, 3.63) is 41.5 Å². The largest absolute Gasteiger partial charge is 0.338 e. The lowest BCUT2D eigenvalue weighted by atomic mass is 9.92. The fraction of sp³-hybridized carbons (Fsp3) is 0.550. The maximum atomic E-state index is 12.7. The Balaban J connectivity index is 2.22. The predicted octanol–water partition coefficient (Wildman–Crippen LogP) is 3.49. The van der Waals surface area contributed by atoms with E-state index in [1.807, 2.05) is 0 Å². The zero-order chi connectivity index (χ0) is 18.8. The molecular weight excluding hydrogens is 334 g/mol. The number of sulfone groups is 1. The van der Waals surface area contributed by atoms with Gasteiger partial charge in [-0.15, -0.1) is 0 Å². The van der Waals surface area contributed by atoms with E-state index in [0.717, 1.165) is 11.1 Å². The number of hydrogen-bond donors (Lipinski definition) is 0. The molecule has 0 bridgehead atoms. The average molecular weight is 364 g/mol. The molecule has 1 fully saturated rings. The monoisotopic (exact) mass is 363 g/mol. The predicted molar refractivity (Wildman–Crippen MR) is 103 cm³/mol. The first kappa shape index (κ1) is 19.7. The number of likely N-dealkylation sites (N-methyl/N-ethyl adjacent to an activating group) is 1. The summed E-state index contributed by atoms with van der Waals surface area (Å²) in [7, 11) is -1.30. The maximum Gasteiger partial charge on any atom is 0.246 e. The molecule has 138 valence electrons. The highest BCUT2D eigenvalue weighted by Gasteiger charge is 2.32. The summed E-state index contributed by atoms with van der Waals surface area (Å²) in [6, 6.07) is 8.12. The Labute approximate surface area is 151 Å².